The molecule has 1 saturated heterocycles. The van der Waals surface area contributed by atoms with Gasteiger partial charge in [0.2, 0.25) is 11.8 Å². The number of amides is 2. The second-order valence-electron chi connectivity index (χ2n) is 6.49. The van der Waals surface area contributed by atoms with Crippen molar-refractivity contribution in [2.24, 2.45) is 5.92 Å². The Labute approximate surface area is 115 Å². The Bertz CT molecular complexity index is 359. The lowest BCUT2D eigenvalue weighted by Gasteiger charge is -2.47. The molecule has 1 spiro atoms. The molecular weight excluding hydrogens is 240 g/mol. The first-order chi connectivity index (χ1) is 8.96. The molecule has 4 heteroatoms. The van der Waals surface area contributed by atoms with E-state index in [0.29, 0.717) is 12.5 Å². The standard InChI is InChI=1S/C15H26N2O2/c1-11(2)7-10-17-12(3)13(18)16-15(14(17)19)8-5-4-6-9-15/h11-12H,4-10H2,1-3H3,(H,16,18). The van der Waals surface area contributed by atoms with Gasteiger partial charge in [0, 0.05) is 6.54 Å². The number of rotatable bonds is 3. The van der Waals surface area contributed by atoms with Crippen LogP contribution in [0.15, 0.2) is 0 Å². The van der Waals surface area contributed by atoms with Gasteiger partial charge in [-0.25, -0.2) is 0 Å². The van der Waals surface area contributed by atoms with Crippen molar-refractivity contribution in [3.05, 3.63) is 0 Å². The second kappa shape index (κ2) is 5.51. The van der Waals surface area contributed by atoms with Gasteiger partial charge in [0.25, 0.3) is 0 Å². The summed E-state index contributed by atoms with van der Waals surface area (Å²) in [7, 11) is 0. The third kappa shape index (κ3) is 2.77. The van der Waals surface area contributed by atoms with Crippen LogP contribution in [0, 0.1) is 5.92 Å². The van der Waals surface area contributed by atoms with Crippen molar-refractivity contribution in [2.45, 2.75) is 70.9 Å². The highest BCUT2D eigenvalue weighted by Crippen LogP contribution is 2.33. The highest BCUT2D eigenvalue weighted by molar-refractivity contribution is 5.99. The Morgan fingerprint density at radius 1 is 1.26 bits per heavy atom. The molecule has 2 rings (SSSR count). The van der Waals surface area contributed by atoms with Crippen LogP contribution in [-0.4, -0.2) is 34.8 Å². The maximum Gasteiger partial charge on any atom is 0.248 e. The van der Waals surface area contributed by atoms with Gasteiger partial charge in [-0.2, -0.15) is 0 Å². The number of carbonyl (C=O) groups excluding carboxylic acids is 2. The van der Waals surface area contributed by atoms with Crippen molar-refractivity contribution >= 4 is 11.8 Å². The molecule has 0 aromatic heterocycles. The normalized spacial score (nSPS) is 26.9. The minimum Gasteiger partial charge on any atom is -0.340 e. The van der Waals surface area contributed by atoms with Gasteiger partial charge < -0.3 is 10.2 Å². The van der Waals surface area contributed by atoms with Crippen LogP contribution in [0.4, 0.5) is 0 Å². The average Bonchev–Trinajstić information content (AvgIpc) is 2.37. The smallest absolute Gasteiger partial charge is 0.248 e. The van der Waals surface area contributed by atoms with E-state index < -0.39 is 5.54 Å². The summed E-state index contributed by atoms with van der Waals surface area (Å²) in [6.45, 7) is 6.83. The number of piperazine rings is 1. The Kier molecular flexibility index (Phi) is 4.16. The molecule has 2 amide bonds. The number of carbonyl (C=O) groups is 2. The first kappa shape index (κ1) is 14.4. The molecule has 1 unspecified atom stereocenters. The van der Waals surface area contributed by atoms with Crippen molar-refractivity contribution < 1.29 is 9.59 Å². The van der Waals surface area contributed by atoms with E-state index in [9.17, 15) is 9.59 Å². The summed E-state index contributed by atoms with van der Waals surface area (Å²) in [4.78, 5) is 26.8. The average molecular weight is 266 g/mol. The highest BCUT2D eigenvalue weighted by Gasteiger charge is 2.49. The zero-order chi connectivity index (χ0) is 14.0. The number of nitrogens with one attached hydrogen (secondary N) is 1. The summed E-state index contributed by atoms with van der Waals surface area (Å²) in [5.41, 5.74) is -0.585. The lowest BCUT2D eigenvalue weighted by molar-refractivity contribution is -0.156. The predicted octanol–water partition coefficient (Wildman–Crippen LogP) is 2.08. The van der Waals surface area contributed by atoms with Crippen LogP contribution in [0.1, 0.15) is 59.3 Å². The largest absolute Gasteiger partial charge is 0.340 e. The van der Waals surface area contributed by atoms with Crippen molar-refractivity contribution in [3.63, 3.8) is 0 Å². The van der Waals surface area contributed by atoms with Gasteiger partial charge in [0.15, 0.2) is 0 Å². The van der Waals surface area contributed by atoms with E-state index in [1.807, 2.05) is 11.8 Å². The van der Waals surface area contributed by atoms with E-state index in [4.69, 9.17) is 0 Å². The van der Waals surface area contributed by atoms with E-state index in [1.165, 1.54) is 6.42 Å². The summed E-state index contributed by atoms with van der Waals surface area (Å²) < 4.78 is 0. The Morgan fingerprint density at radius 3 is 2.47 bits per heavy atom. The fourth-order valence-electron chi connectivity index (χ4n) is 3.17. The minimum atomic E-state index is -0.585. The van der Waals surface area contributed by atoms with Crippen LogP contribution < -0.4 is 5.32 Å². The molecule has 2 aliphatic rings. The van der Waals surface area contributed by atoms with Crippen LogP contribution in [0.2, 0.25) is 0 Å². The third-order valence-electron chi connectivity index (χ3n) is 4.53. The lowest BCUT2D eigenvalue weighted by Crippen LogP contribution is -2.70. The predicted molar refractivity (Wildman–Crippen MR) is 74.6 cm³/mol. The summed E-state index contributed by atoms with van der Waals surface area (Å²) in [5, 5.41) is 3.02. The van der Waals surface area contributed by atoms with Crippen LogP contribution in [-0.2, 0) is 9.59 Å². The molecular formula is C15H26N2O2. The van der Waals surface area contributed by atoms with E-state index in [1.54, 1.807) is 0 Å². The Hall–Kier alpha value is -1.06. The second-order valence-corrected chi connectivity index (χ2v) is 6.49. The van der Waals surface area contributed by atoms with E-state index >= 15 is 0 Å². The van der Waals surface area contributed by atoms with Crippen LogP contribution in [0.3, 0.4) is 0 Å². The van der Waals surface area contributed by atoms with E-state index in [-0.39, 0.29) is 17.9 Å². The quantitative estimate of drug-likeness (QED) is 0.850. The van der Waals surface area contributed by atoms with Gasteiger partial charge in [-0.1, -0.05) is 33.1 Å². The van der Waals surface area contributed by atoms with Crippen LogP contribution in [0.5, 0.6) is 0 Å². The molecule has 1 atom stereocenters. The lowest BCUT2D eigenvalue weighted by atomic mass is 9.78. The Balaban J connectivity index is 2.15. The van der Waals surface area contributed by atoms with E-state index in [2.05, 4.69) is 19.2 Å². The van der Waals surface area contributed by atoms with Gasteiger partial charge in [-0.05, 0) is 32.1 Å². The molecule has 1 aliphatic heterocycles. The fraction of sp³-hybridized carbons (Fsp3) is 0.867. The molecule has 2 fully saturated rings. The molecule has 0 aromatic rings. The monoisotopic (exact) mass is 266 g/mol. The summed E-state index contributed by atoms with van der Waals surface area (Å²) >= 11 is 0. The molecule has 1 saturated carbocycles. The number of hydrogen-bond acceptors (Lipinski definition) is 2. The van der Waals surface area contributed by atoms with Gasteiger partial charge in [-0.15, -0.1) is 0 Å². The van der Waals surface area contributed by atoms with Crippen molar-refractivity contribution in [3.8, 4) is 0 Å². The van der Waals surface area contributed by atoms with Gasteiger partial charge in [-0.3, -0.25) is 9.59 Å². The molecule has 19 heavy (non-hydrogen) atoms. The SMILES string of the molecule is CC(C)CCN1C(=O)C2(CCCCC2)NC(=O)C1C. The maximum atomic E-state index is 12.8. The third-order valence-corrected chi connectivity index (χ3v) is 4.53. The molecule has 0 radical (unpaired) electrons. The fourth-order valence-corrected chi connectivity index (χ4v) is 3.17. The molecule has 0 bridgehead atoms. The zero-order valence-electron chi connectivity index (χ0n) is 12.4. The summed E-state index contributed by atoms with van der Waals surface area (Å²) in [6, 6.07) is -0.321. The molecule has 0 aromatic carbocycles. The van der Waals surface area contributed by atoms with Crippen LogP contribution in [0.25, 0.3) is 0 Å². The topological polar surface area (TPSA) is 49.4 Å². The zero-order valence-corrected chi connectivity index (χ0v) is 12.4. The summed E-state index contributed by atoms with van der Waals surface area (Å²) in [6.07, 6.45) is 5.83. The first-order valence-corrected chi connectivity index (χ1v) is 7.59. The van der Waals surface area contributed by atoms with Gasteiger partial charge in [0.05, 0.1) is 0 Å². The highest BCUT2D eigenvalue weighted by atomic mass is 16.2. The van der Waals surface area contributed by atoms with Gasteiger partial charge >= 0.3 is 0 Å². The maximum absolute atomic E-state index is 12.8. The first-order valence-electron chi connectivity index (χ1n) is 7.59. The molecule has 108 valence electrons. The minimum absolute atomic E-state index is 0.0188. The van der Waals surface area contributed by atoms with Gasteiger partial charge in [0.1, 0.15) is 11.6 Å². The Morgan fingerprint density at radius 2 is 1.89 bits per heavy atom. The molecule has 1 aliphatic carbocycles. The molecule has 4 nitrogen and oxygen atoms in total. The number of hydrogen-bond donors (Lipinski definition) is 1. The number of nitrogens with zero attached hydrogens (tertiary/aromatic N) is 1. The van der Waals surface area contributed by atoms with Crippen molar-refractivity contribution in [1.82, 2.24) is 10.2 Å². The van der Waals surface area contributed by atoms with E-state index in [0.717, 1.165) is 32.1 Å². The van der Waals surface area contributed by atoms with Crippen LogP contribution >= 0.6 is 0 Å². The summed E-state index contributed by atoms with van der Waals surface area (Å²) in [5.74, 6) is 0.720. The van der Waals surface area contributed by atoms with Crippen molar-refractivity contribution in [1.29, 1.82) is 0 Å². The molecule has 1 heterocycles. The molecule has 1 N–H and O–H groups in total. The van der Waals surface area contributed by atoms with Crippen molar-refractivity contribution in [2.75, 3.05) is 6.54 Å².